The van der Waals surface area contributed by atoms with Gasteiger partial charge in [0, 0.05) is 23.8 Å². The van der Waals surface area contributed by atoms with Gasteiger partial charge in [-0.3, -0.25) is 9.69 Å². The zero-order chi connectivity index (χ0) is 16.1. The Balaban J connectivity index is 1.57. The smallest absolute Gasteiger partial charge is 0.228 e. The van der Waals surface area contributed by atoms with Crippen molar-refractivity contribution in [3.05, 3.63) is 65.2 Å². The van der Waals surface area contributed by atoms with Gasteiger partial charge in [0.05, 0.1) is 5.92 Å². The van der Waals surface area contributed by atoms with E-state index < -0.39 is 0 Å². The molecular weight excluding hydrogens is 308 g/mol. The molecule has 1 aliphatic rings. The predicted octanol–water partition coefficient (Wildman–Crippen LogP) is 4.19. The van der Waals surface area contributed by atoms with Crippen molar-refractivity contribution < 1.29 is 4.79 Å². The first-order valence-corrected chi connectivity index (χ1v) is 8.41. The van der Waals surface area contributed by atoms with E-state index in [1.807, 2.05) is 42.5 Å². The number of para-hydroxylation sites is 1. The number of hydrogen-bond donors (Lipinski definition) is 1. The van der Waals surface area contributed by atoms with Crippen molar-refractivity contribution in [3.63, 3.8) is 0 Å². The minimum atomic E-state index is 0.0521. The number of benzene rings is 2. The number of hydrogen-bond acceptors (Lipinski definition) is 2. The van der Waals surface area contributed by atoms with Crippen molar-refractivity contribution in [3.8, 4) is 0 Å². The van der Waals surface area contributed by atoms with Gasteiger partial charge in [0.25, 0.3) is 0 Å². The molecule has 1 atom stereocenters. The minimum absolute atomic E-state index is 0.0521. The van der Waals surface area contributed by atoms with Gasteiger partial charge in [-0.05, 0) is 49.2 Å². The summed E-state index contributed by atoms with van der Waals surface area (Å²) in [7, 11) is 0. The Morgan fingerprint density at radius 1 is 1.13 bits per heavy atom. The summed E-state index contributed by atoms with van der Waals surface area (Å²) in [6, 6.07) is 17.6. The fraction of sp³-hybridized carbons (Fsp3) is 0.316. The third-order valence-corrected chi connectivity index (χ3v) is 4.49. The second kappa shape index (κ2) is 7.62. The second-order valence-corrected chi connectivity index (χ2v) is 6.49. The monoisotopic (exact) mass is 328 g/mol. The van der Waals surface area contributed by atoms with Crippen LogP contribution in [0.15, 0.2) is 54.6 Å². The number of nitrogens with one attached hydrogen (secondary N) is 1. The van der Waals surface area contributed by atoms with Gasteiger partial charge in [-0.2, -0.15) is 0 Å². The van der Waals surface area contributed by atoms with Crippen LogP contribution in [0.3, 0.4) is 0 Å². The standard InChI is InChI=1S/C19H21ClN2O/c20-17-10-8-15(9-11-17)13-22-12-4-5-16(14-22)19(23)21-18-6-2-1-3-7-18/h1-3,6-11,16H,4-5,12-14H2,(H,21,23). The summed E-state index contributed by atoms with van der Waals surface area (Å²) in [4.78, 5) is 14.8. The molecule has 0 bridgehead atoms. The topological polar surface area (TPSA) is 32.3 Å². The number of nitrogens with zero attached hydrogens (tertiary/aromatic N) is 1. The second-order valence-electron chi connectivity index (χ2n) is 6.06. The molecule has 0 aliphatic carbocycles. The zero-order valence-electron chi connectivity index (χ0n) is 13.0. The Bertz CT molecular complexity index is 642. The molecule has 120 valence electrons. The average Bonchev–Trinajstić information content (AvgIpc) is 2.58. The van der Waals surface area contributed by atoms with Crippen molar-refractivity contribution in [2.75, 3.05) is 18.4 Å². The normalized spacial score (nSPS) is 18.6. The highest BCUT2D eigenvalue weighted by atomic mass is 35.5. The van der Waals surface area contributed by atoms with E-state index in [2.05, 4.69) is 22.3 Å². The molecule has 23 heavy (non-hydrogen) atoms. The molecule has 1 heterocycles. The Morgan fingerprint density at radius 3 is 2.61 bits per heavy atom. The quantitative estimate of drug-likeness (QED) is 0.912. The molecule has 0 spiro atoms. The molecule has 3 rings (SSSR count). The molecule has 1 aliphatic heterocycles. The van der Waals surface area contributed by atoms with Crippen LogP contribution in [0, 0.1) is 5.92 Å². The summed E-state index contributed by atoms with van der Waals surface area (Å²) in [6.07, 6.45) is 2.01. The fourth-order valence-corrected chi connectivity index (χ4v) is 3.15. The van der Waals surface area contributed by atoms with Crippen LogP contribution in [-0.4, -0.2) is 23.9 Å². The highest BCUT2D eigenvalue weighted by Crippen LogP contribution is 2.21. The van der Waals surface area contributed by atoms with Gasteiger partial charge in [-0.15, -0.1) is 0 Å². The van der Waals surface area contributed by atoms with Crippen molar-refractivity contribution in [2.24, 2.45) is 5.92 Å². The van der Waals surface area contributed by atoms with E-state index in [-0.39, 0.29) is 11.8 Å². The maximum Gasteiger partial charge on any atom is 0.228 e. The van der Waals surface area contributed by atoms with Crippen LogP contribution in [0.5, 0.6) is 0 Å². The highest BCUT2D eigenvalue weighted by Gasteiger charge is 2.25. The number of carbonyl (C=O) groups is 1. The number of anilines is 1. The number of likely N-dealkylation sites (tertiary alicyclic amines) is 1. The molecule has 1 saturated heterocycles. The van der Waals surface area contributed by atoms with E-state index >= 15 is 0 Å². The molecule has 1 amide bonds. The van der Waals surface area contributed by atoms with Crippen LogP contribution in [-0.2, 0) is 11.3 Å². The molecule has 0 saturated carbocycles. The van der Waals surface area contributed by atoms with E-state index in [1.54, 1.807) is 0 Å². The maximum atomic E-state index is 12.5. The lowest BCUT2D eigenvalue weighted by Crippen LogP contribution is -2.40. The molecule has 0 aromatic heterocycles. The lowest BCUT2D eigenvalue weighted by atomic mass is 9.96. The SMILES string of the molecule is O=C(Nc1ccccc1)C1CCCN(Cc2ccc(Cl)cc2)C1. The van der Waals surface area contributed by atoms with Gasteiger partial charge in [0.2, 0.25) is 5.91 Å². The molecule has 1 fully saturated rings. The number of rotatable bonds is 4. The first-order chi connectivity index (χ1) is 11.2. The number of halogens is 1. The summed E-state index contributed by atoms with van der Waals surface area (Å²) in [5.41, 5.74) is 2.10. The van der Waals surface area contributed by atoms with Crippen LogP contribution in [0.2, 0.25) is 5.02 Å². The lowest BCUT2D eigenvalue weighted by molar-refractivity contribution is -0.121. The first kappa shape index (κ1) is 16.0. The van der Waals surface area contributed by atoms with Crippen molar-refractivity contribution in [1.29, 1.82) is 0 Å². The predicted molar refractivity (Wildman–Crippen MR) is 94.5 cm³/mol. The van der Waals surface area contributed by atoms with E-state index in [0.29, 0.717) is 0 Å². The summed E-state index contributed by atoms with van der Waals surface area (Å²) < 4.78 is 0. The summed E-state index contributed by atoms with van der Waals surface area (Å²) in [5.74, 6) is 0.174. The van der Waals surface area contributed by atoms with Gasteiger partial charge < -0.3 is 5.32 Å². The van der Waals surface area contributed by atoms with E-state index in [4.69, 9.17) is 11.6 Å². The third kappa shape index (κ3) is 4.57. The molecule has 3 nitrogen and oxygen atoms in total. The number of amides is 1. The number of piperidine rings is 1. The molecule has 2 aromatic rings. The van der Waals surface area contributed by atoms with Gasteiger partial charge in [-0.25, -0.2) is 0 Å². The van der Waals surface area contributed by atoms with Crippen LogP contribution < -0.4 is 5.32 Å². The fourth-order valence-electron chi connectivity index (χ4n) is 3.03. The summed E-state index contributed by atoms with van der Waals surface area (Å²) in [6.45, 7) is 2.71. The molecule has 4 heteroatoms. The Labute approximate surface area is 142 Å². The molecule has 2 aromatic carbocycles. The third-order valence-electron chi connectivity index (χ3n) is 4.24. The van der Waals surface area contributed by atoms with Gasteiger partial charge >= 0.3 is 0 Å². The molecular formula is C19H21ClN2O. The largest absolute Gasteiger partial charge is 0.326 e. The van der Waals surface area contributed by atoms with Crippen LogP contribution in [0.4, 0.5) is 5.69 Å². The van der Waals surface area contributed by atoms with Crippen molar-refractivity contribution >= 4 is 23.2 Å². The van der Waals surface area contributed by atoms with Crippen LogP contribution >= 0.6 is 11.6 Å². The Kier molecular flexibility index (Phi) is 5.31. The van der Waals surface area contributed by atoms with Crippen LogP contribution in [0.25, 0.3) is 0 Å². The maximum absolute atomic E-state index is 12.5. The van der Waals surface area contributed by atoms with Gasteiger partial charge in [0.1, 0.15) is 0 Å². The number of carbonyl (C=O) groups excluding carboxylic acids is 1. The summed E-state index contributed by atoms with van der Waals surface area (Å²) >= 11 is 5.93. The Morgan fingerprint density at radius 2 is 1.87 bits per heavy atom. The Hall–Kier alpha value is -1.84. The minimum Gasteiger partial charge on any atom is -0.326 e. The highest BCUT2D eigenvalue weighted by molar-refractivity contribution is 6.30. The zero-order valence-corrected chi connectivity index (χ0v) is 13.8. The van der Waals surface area contributed by atoms with E-state index in [1.165, 1.54) is 5.56 Å². The lowest BCUT2D eigenvalue weighted by Gasteiger charge is -2.32. The summed E-state index contributed by atoms with van der Waals surface area (Å²) in [5, 5.41) is 3.78. The van der Waals surface area contributed by atoms with E-state index in [0.717, 1.165) is 43.2 Å². The van der Waals surface area contributed by atoms with Crippen LogP contribution in [0.1, 0.15) is 18.4 Å². The van der Waals surface area contributed by atoms with Gasteiger partial charge in [0.15, 0.2) is 0 Å². The van der Waals surface area contributed by atoms with Crippen molar-refractivity contribution in [2.45, 2.75) is 19.4 Å². The first-order valence-electron chi connectivity index (χ1n) is 8.03. The van der Waals surface area contributed by atoms with E-state index in [9.17, 15) is 4.79 Å². The van der Waals surface area contributed by atoms with Crippen molar-refractivity contribution in [1.82, 2.24) is 4.90 Å². The van der Waals surface area contributed by atoms with Gasteiger partial charge in [-0.1, -0.05) is 41.9 Å². The average molecular weight is 329 g/mol. The molecule has 0 radical (unpaired) electrons. The molecule has 1 N–H and O–H groups in total. The molecule has 1 unspecified atom stereocenters.